The molecule has 0 saturated heterocycles. The van der Waals surface area contributed by atoms with Gasteiger partial charge in [0.15, 0.2) is 5.76 Å². The van der Waals surface area contributed by atoms with Gasteiger partial charge in [0.25, 0.3) is 5.91 Å². The van der Waals surface area contributed by atoms with E-state index in [2.05, 4.69) is 31.8 Å². The number of rotatable bonds is 6. The quantitative estimate of drug-likeness (QED) is 0.485. The number of aromatic nitrogens is 3. The Kier molecular flexibility index (Phi) is 5.10. The molecule has 0 aliphatic carbocycles. The molecule has 0 saturated carbocycles. The number of thiazole rings is 1. The molecule has 9 heteroatoms. The zero-order valence-corrected chi connectivity index (χ0v) is 17.3. The van der Waals surface area contributed by atoms with Crippen LogP contribution < -0.4 is 10.6 Å². The number of fused-ring (bicyclic) bond motifs is 1. The van der Waals surface area contributed by atoms with Crippen LogP contribution in [0.2, 0.25) is 0 Å². The van der Waals surface area contributed by atoms with Crippen LogP contribution in [0.5, 0.6) is 0 Å². The first-order chi connectivity index (χ1) is 13.5. The van der Waals surface area contributed by atoms with Gasteiger partial charge in [-0.15, -0.1) is 22.7 Å². The van der Waals surface area contributed by atoms with Gasteiger partial charge in [0, 0.05) is 34.8 Å². The molecule has 0 atom stereocenters. The number of amides is 1. The van der Waals surface area contributed by atoms with Gasteiger partial charge in [-0.05, 0) is 26.8 Å². The van der Waals surface area contributed by atoms with Gasteiger partial charge in [0.1, 0.15) is 4.83 Å². The molecule has 4 rings (SSSR count). The molecule has 4 heterocycles. The van der Waals surface area contributed by atoms with E-state index >= 15 is 0 Å². The highest BCUT2D eigenvalue weighted by Crippen LogP contribution is 2.38. The molecule has 0 aliphatic rings. The monoisotopic (exact) mass is 413 g/mol. The van der Waals surface area contributed by atoms with Gasteiger partial charge >= 0.3 is 0 Å². The number of aryl methyl sites for hydroxylation is 1. The zero-order valence-electron chi connectivity index (χ0n) is 15.6. The van der Waals surface area contributed by atoms with Crippen LogP contribution in [0.15, 0.2) is 34.6 Å². The Balaban J connectivity index is 1.69. The molecule has 4 aromatic rings. The molecular formula is C19H19N5O2S2. The fourth-order valence-electron chi connectivity index (χ4n) is 2.83. The minimum atomic E-state index is -0.211. The Bertz CT molecular complexity index is 1110. The van der Waals surface area contributed by atoms with Crippen molar-refractivity contribution in [2.75, 3.05) is 5.32 Å². The van der Waals surface area contributed by atoms with Crippen molar-refractivity contribution in [1.29, 1.82) is 0 Å². The van der Waals surface area contributed by atoms with E-state index in [-0.39, 0.29) is 18.5 Å². The summed E-state index contributed by atoms with van der Waals surface area (Å²) in [6, 6.07) is 4.04. The molecule has 1 amide bonds. The molecule has 4 aromatic heterocycles. The number of hydrogen-bond acceptors (Lipinski definition) is 8. The van der Waals surface area contributed by atoms with E-state index in [1.54, 1.807) is 34.9 Å². The van der Waals surface area contributed by atoms with Crippen LogP contribution in [0.25, 0.3) is 20.0 Å². The molecule has 28 heavy (non-hydrogen) atoms. The third-order valence-corrected chi connectivity index (χ3v) is 6.03. The van der Waals surface area contributed by atoms with Crippen LogP contribution >= 0.6 is 22.7 Å². The Morgan fingerprint density at radius 2 is 2.11 bits per heavy atom. The molecule has 0 bridgehead atoms. The van der Waals surface area contributed by atoms with Crippen LogP contribution in [-0.2, 0) is 6.54 Å². The lowest BCUT2D eigenvalue weighted by Gasteiger charge is -2.15. The standard InChI is InChI=1S/C19H19N5O2S2/c1-10(2)23-17-13-5-15(16-8-20-9-27-16)28-19(13)22-7-14(17)18(25)21-6-12-4-11(3)24-26-12/h4-5,7-10H,6H2,1-3H3,(H,21,25)(H,22,23). The number of carbonyl (C=O) groups is 1. The minimum Gasteiger partial charge on any atom is -0.382 e. The lowest BCUT2D eigenvalue weighted by atomic mass is 10.1. The van der Waals surface area contributed by atoms with E-state index in [1.807, 2.05) is 32.5 Å². The maximum absolute atomic E-state index is 12.8. The highest BCUT2D eigenvalue weighted by molar-refractivity contribution is 7.25. The van der Waals surface area contributed by atoms with E-state index in [0.29, 0.717) is 11.3 Å². The molecule has 0 unspecified atom stereocenters. The molecule has 7 nitrogen and oxygen atoms in total. The summed E-state index contributed by atoms with van der Waals surface area (Å²) in [5, 5.41) is 11.1. The van der Waals surface area contributed by atoms with Gasteiger partial charge in [0.2, 0.25) is 0 Å². The van der Waals surface area contributed by atoms with Gasteiger partial charge < -0.3 is 15.2 Å². The number of thiophene rings is 1. The Morgan fingerprint density at radius 1 is 1.25 bits per heavy atom. The number of anilines is 1. The number of pyridine rings is 1. The van der Waals surface area contributed by atoms with Crippen molar-refractivity contribution in [2.45, 2.75) is 33.4 Å². The molecule has 0 aromatic carbocycles. The van der Waals surface area contributed by atoms with Gasteiger partial charge in [0.05, 0.1) is 33.9 Å². The zero-order chi connectivity index (χ0) is 19.7. The smallest absolute Gasteiger partial charge is 0.255 e. The average molecular weight is 414 g/mol. The lowest BCUT2D eigenvalue weighted by Crippen LogP contribution is -2.25. The number of hydrogen-bond donors (Lipinski definition) is 2. The number of nitrogens with one attached hydrogen (secondary N) is 2. The summed E-state index contributed by atoms with van der Waals surface area (Å²) in [5.74, 6) is 0.401. The highest BCUT2D eigenvalue weighted by atomic mass is 32.1. The van der Waals surface area contributed by atoms with Crippen LogP contribution in [0, 0.1) is 6.92 Å². The maximum atomic E-state index is 12.8. The molecule has 0 aliphatic heterocycles. The topological polar surface area (TPSA) is 92.9 Å². The second-order valence-corrected chi connectivity index (χ2v) is 8.58. The van der Waals surface area contributed by atoms with Gasteiger partial charge in [-0.25, -0.2) is 4.98 Å². The second-order valence-electron chi connectivity index (χ2n) is 6.66. The van der Waals surface area contributed by atoms with Crippen LogP contribution in [0.4, 0.5) is 5.69 Å². The maximum Gasteiger partial charge on any atom is 0.255 e. The van der Waals surface area contributed by atoms with Crippen molar-refractivity contribution < 1.29 is 9.32 Å². The molecule has 2 N–H and O–H groups in total. The van der Waals surface area contributed by atoms with Gasteiger partial charge in [-0.1, -0.05) is 5.16 Å². The van der Waals surface area contributed by atoms with Crippen molar-refractivity contribution in [3.63, 3.8) is 0 Å². The molecule has 0 fully saturated rings. The number of carbonyl (C=O) groups excluding carboxylic acids is 1. The fraction of sp³-hybridized carbons (Fsp3) is 0.263. The van der Waals surface area contributed by atoms with Gasteiger partial charge in [-0.2, -0.15) is 0 Å². The Morgan fingerprint density at radius 3 is 2.79 bits per heavy atom. The second kappa shape index (κ2) is 7.69. The third kappa shape index (κ3) is 3.76. The van der Waals surface area contributed by atoms with E-state index in [4.69, 9.17) is 4.52 Å². The average Bonchev–Trinajstić information content (AvgIpc) is 3.39. The molecule has 0 spiro atoms. The summed E-state index contributed by atoms with van der Waals surface area (Å²) in [6.07, 6.45) is 3.47. The Labute approximate surface area is 169 Å². The summed E-state index contributed by atoms with van der Waals surface area (Å²) < 4.78 is 5.16. The molecule has 144 valence electrons. The molecule has 0 radical (unpaired) electrons. The van der Waals surface area contributed by atoms with Crippen LogP contribution in [0.1, 0.15) is 35.7 Å². The first-order valence-corrected chi connectivity index (χ1v) is 10.5. The van der Waals surface area contributed by atoms with E-state index in [1.165, 1.54) is 0 Å². The van der Waals surface area contributed by atoms with Crippen molar-refractivity contribution in [3.05, 3.63) is 47.1 Å². The van der Waals surface area contributed by atoms with Crippen LogP contribution in [0.3, 0.4) is 0 Å². The third-order valence-electron chi connectivity index (χ3n) is 4.01. The first kappa shape index (κ1) is 18.6. The largest absolute Gasteiger partial charge is 0.382 e. The summed E-state index contributed by atoms with van der Waals surface area (Å²) in [7, 11) is 0. The van der Waals surface area contributed by atoms with Gasteiger partial charge in [-0.3, -0.25) is 9.78 Å². The van der Waals surface area contributed by atoms with Crippen molar-refractivity contribution in [2.24, 2.45) is 0 Å². The van der Waals surface area contributed by atoms with E-state index in [9.17, 15) is 4.79 Å². The Hall–Kier alpha value is -2.78. The lowest BCUT2D eigenvalue weighted by molar-refractivity contribution is 0.0947. The van der Waals surface area contributed by atoms with Crippen LogP contribution in [-0.4, -0.2) is 27.1 Å². The highest BCUT2D eigenvalue weighted by Gasteiger charge is 2.19. The predicted molar refractivity (Wildman–Crippen MR) is 112 cm³/mol. The van der Waals surface area contributed by atoms with Crippen molar-refractivity contribution >= 4 is 44.5 Å². The van der Waals surface area contributed by atoms with E-state index < -0.39 is 0 Å². The summed E-state index contributed by atoms with van der Waals surface area (Å²) in [6.45, 7) is 6.20. The van der Waals surface area contributed by atoms with E-state index in [0.717, 1.165) is 31.4 Å². The summed E-state index contributed by atoms with van der Waals surface area (Å²) >= 11 is 3.18. The predicted octanol–water partition coefficient (Wildman–Crippen LogP) is 4.47. The minimum absolute atomic E-state index is 0.167. The first-order valence-electron chi connectivity index (χ1n) is 8.79. The summed E-state index contributed by atoms with van der Waals surface area (Å²) in [4.78, 5) is 24.6. The SMILES string of the molecule is Cc1cc(CNC(=O)c2cnc3sc(-c4cncs4)cc3c2NC(C)C)on1. The van der Waals surface area contributed by atoms with Crippen molar-refractivity contribution in [1.82, 2.24) is 20.4 Å². The fourth-order valence-corrected chi connectivity index (χ4v) is 4.54. The normalized spacial score (nSPS) is 11.3. The summed E-state index contributed by atoms with van der Waals surface area (Å²) in [5.41, 5.74) is 3.89. The van der Waals surface area contributed by atoms with Crippen molar-refractivity contribution in [3.8, 4) is 9.75 Å². The number of nitrogens with zero attached hydrogens (tertiary/aromatic N) is 3. The molecular weight excluding hydrogens is 394 g/mol.